The number of aryl methyl sites for hydroxylation is 1. The van der Waals surface area contributed by atoms with E-state index >= 15 is 0 Å². The first-order valence-electron chi connectivity index (χ1n) is 11.3. The van der Waals surface area contributed by atoms with Crippen LogP contribution in [0.15, 0.2) is 54.7 Å². The number of para-hydroxylation sites is 2. The van der Waals surface area contributed by atoms with Gasteiger partial charge in [0.25, 0.3) is 0 Å². The van der Waals surface area contributed by atoms with E-state index in [2.05, 4.69) is 0 Å². The number of carbonyl (C=O) groups is 2. The number of aromatic nitrogens is 4. The van der Waals surface area contributed by atoms with E-state index in [1.807, 2.05) is 46.2 Å². The highest BCUT2D eigenvalue weighted by molar-refractivity contribution is 6.01. The van der Waals surface area contributed by atoms with Crippen LogP contribution in [0.25, 0.3) is 33.4 Å². The minimum Gasteiger partial charge on any atom is -0.462 e. The van der Waals surface area contributed by atoms with Crippen LogP contribution in [-0.2, 0) is 16.0 Å². The summed E-state index contributed by atoms with van der Waals surface area (Å²) in [6, 6.07) is 14.9. The molecule has 5 rings (SSSR count). The van der Waals surface area contributed by atoms with Crippen molar-refractivity contribution >= 4 is 39.7 Å². The van der Waals surface area contributed by atoms with Gasteiger partial charge in [-0.1, -0.05) is 32.0 Å². The summed E-state index contributed by atoms with van der Waals surface area (Å²) in [7, 11) is 0. The second kappa shape index (κ2) is 8.62. The molecule has 2 aromatic carbocycles. The SMILES string of the molecule is CCOC(=O)c1cccc(-n2cc(OC(=O)CC)c3c2nc(CC)n2c4ccccc4nc32)c1. The minimum atomic E-state index is -0.400. The highest BCUT2D eigenvalue weighted by atomic mass is 16.5. The molecule has 0 spiro atoms. The van der Waals surface area contributed by atoms with E-state index in [9.17, 15) is 9.59 Å². The lowest BCUT2D eigenvalue weighted by atomic mass is 10.2. The van der Waals surface area contributed by atoms with E-state index in [4.69, 9.17) is 19.4 Å². The number of nitrogens with zero attached hydrogens (tertiary/aromatic N) is 4. The number of rotatable bonds is 6. The summed E-state index contributed by atoms with van der Waals surface area (Å²) >= 11 is 0. The first-order chi connectivity index (χ1) is 16.5. The molecule has 5 aromatic rings. The van der Waals surface area contributed by atoms with Crippen LogP contribution >= 0.6 is 0 Å². The van der Waals surface area contributed by atoms with Gasteiger partial charge in [-0.25, -0.2) is 14.8 Å². The lowest BCUT2D eigenvalue weighted by molar-refractivity contribution is -0.133. The molecule has 0 aliphatic heterocycles. The molecule has 8 nitrogen and oxygen atoms in total. The maximum atomic E-state index is 12.3. The molecule has 0 N–H and O–H groups in total. The van der Waals surface area contributed by atoms with E-state index in [0.717, 1.165) is 16.9 Å². The third kappa shape index (κ3) is 3.48. The summed E-state index contributed by atoms with van der Waals surface area (Å²) in [5.41, 5.74) is 4.16. The number of carbonyl (C=O) groups excluding carboxylic acids is 2. The third-order valence-electron chi connectivity index (χ3n) is 5.69. The van der Waals surface area contributed by atoms with E-state index < -0.39 is 5.97 Å². The van der Waals surface area contributed by atoms with Gasteiger partial charge < -0.3 is 9.47 Å². The topological polar surface area (TPSA) is 87.7 Å². The van der Waals surface area contributed by atoms with Crippen LogP contribution in [0.1, 0.15) is 43.4 Å². The molecule has 0 aliphatic rings. The fourth-order valence-corrected chi connectivity index (χ4v) is 4.12. The summed E-state index contributed by atoms with van der Waals surface area (Å²) in [6.45, 7) is 5.84. The molecule has 3 aromatic heterocycles. The highest BCUT2D eigenvalue weighted by Gasteiger charge is 2.23. The van der Waals surface area contributed by atoms with Gasteiger partial charge in [-0.2, -0.15) is 0 Å². The maximum Gasteiger partial charge on any atom is 0.338 e. The fraction of sp³-hybridized carbons (Fsp3) is 0.231. The van der Waals surface area contributed by atoms with Crippen molar-refractivity contribution in [3.8, 4) is 11.4 Å². The number of imidazole rings is 1. The number of hydrogen-bond acceptors (Lipinski definition) is 6. The Bertz CT molecular complexity index is 1560. The van der Waals surface area contributed by atoms with Crippen LogP contribution in [0.3, 0.4) is 0 Å². The van der Waals surface area contributed by atoms with Crippen molar-refractivity contribution in [3.63, 3.8) is 0 Å². The molecule has 0 amide bonds. The van der Waals surface area contributed by atoms with Gasteiger partial charge >= 0.3 is 11.9 Å². The van der Waals surface area contributed by atoms with Gasteiger partial charge in [-0.15, -0.1) is 0 Å². The second-order valence-electron chi connectivity index (χ2n) is 7.80. The summed E-state index contributed by atoms with van der Waals surface area (Å²) in [4.78, 5) is 34.4. The van der Waals surface area contributed by atoms with Crippen molar-refractivity contribution in [2.75, 3.05) is 6.61 Å². The van der Waals surface area contributed by atoms with E-state index in [-0.39, 0.29) is 12.4 Å². The lowest BCUT2D eigenvalue weighted by Crippen LogP contribution is -2.06. The van der Waals surface area contributed by atoms with Crippen LogP contribution < -0.4 is 4.74 Å². The Kier molecular flexibility index (Phi) is 5.49. The number of fused-ring (bicyclic) bond motifs is 5. The van der Waals surface area contributed by atoms with Crippen LogP contribution in [0.5, 0.6) is 5.75 Å². The molecule has 0 saturated heterocycles. The summed E-state index contributed by atoms with van der Waals surface area (Å²) in [5.74, 6) is 0.444. The summed E-state index contributed by atoms with van der Waals surface area (Å²) < 4.78 is 14.7. The quantitative estimate of drug-likeness (QED) is 0.339. The predicted octanol–water partition coefficient (Wildman–Crippen LogP) is 4.88. The Morgan fingerprint density at radius 1 is 0.971 bits per heavy atom. The van der Waals surface area contributed by atoms with Crippen molar-refractivity contribution in [1.29, 1.82) is 0 Å². The van der Waals surface area contributed by atoms with Gasteiger partial charge in [0.15, 0.2) is 17.0 Å². The number of ether oxygens (including phenoxy) is 2. The van der Waals surface area contributed by atoms with Crippen molar-refractivity contribution in [2.24, 2.45) is 0 Å². The zero-order valence-electron chi connectivity index (χ0n) is 19.2. The second-order valence-corrected chi connectivity index (χ2v) is 7.80. The van der Waals surface area contributed by atoms with Crippen molar-refractivity contribution in [2.45, 2.75) is 33.6 Å². The van der Waals surface area contributed by atoms with Gasteiger partial charge in [-0.05, 0) is 37.3 Å². The Balaban J connectivity index is 1.83. The molecule has 0 radical (unpaired) electrons. The zero-order valence-corrected chi connectivity index (χ0v) is 19.2. The van der Waals surface area contributed by atoms with Gasteiger partial charge in [-0.3, -0.25) is 13.8 Å². The number of benzene rings is 2. The first-order valence-corrected chi connectivity index (χ1v) is 11.3. The molecular formula is C26H24N4O4. The fourth-order valence-electron chi connectivity index (χ4n) is 4.12. The largest absolute Gasteiger partial charge is 0.462 e. The summed E-state index contributed by atoms with van der Waals surface area (Å²) in [6.07, 6.45) is 2.64. The van der Waals surface area contributed by atoms with E-state index in [1.165, 1.54) is 0 Å². The van der Waals surface area contributed by atoms with E-state index in [0.29, 0.717) is 46.7 Å². The standard InChI is InChI=1S/C26H24N4O4/c1-4-21-28-24-23(25-27-18-12-7-8-13-19(18)30(21)25)20(34-22(31)5-2)15-29(24)17-11-9-10-16(14-17)26(32)33-6-3/h7-15H,4-6H2,1-3H3. The van der Waals surface area contributed by atoms with Crippen LogP contribution in [0.2, 0.25) is 0 Å². The monoisotopic (exact) mass is 456 g/mol. The zero-order chi connectivity index (χ0) is 23.8. The van der Waals surface area contributed by atoms with Gasteiger partial charge in [0.2, 0.25) is 0 Å². The Morgan fingerprint density at radius 2 is 1.79 bits per heavy atom. The Hall–Kier alpha value is -4.20. The van der Waals surface area contributed by atoms with Gasteiger partial charge in [0.05, 0.1) is 29.4 Å². The molecule has 8 heteroatoms. The Morgan fingerprint density at radius 3 is 2.56 bits per heavy atom. The first kappa shape index (κ1) is 21.6. The molecule has 0 fully saturated rings. The molecule has 172 valence electrons. The average Bonchev–Trinajstić information content (AvgIpc) is 3.42. The molecule has 0 saturated carbocycles. The molecule has 0 aliphatic carbocycles. The van der Waals surface area contributed by atoms with E-state index in [1.54, 1.807) is 38.2 Å². The van der Waals surface area contributed by atoms with Crippen LogP contribution in [0.4, 0.5) is 0 Å². The highest BCUT2D eigenvalue weighted by Crippen LogP contribution is 2.35. The third-order valence-corrected chi connectivity index (χ3v) is 5.69. The number of esters is 2. The molecule has 0 unspecified atom stereocenters. The smallest absolute Gasteiger partial charge is 0.338 e. The van der Waals surface area contributed by atoms with Crippen molar-refractivity contribution in [3.05, 3.63) is 66.1 Å². The molecule has 3 heterocycles. The molecule has 0 atom stereocenters. The van der Waals surface area contributed by atoms with Gasteiger partial charge in [0.1, 0.15) is 11.2 Å². The normalized spacial score (nSPS) is 11.4. The minimum absolute atomic E-state index is 0.234. The van der Waals surface area contributed by atoms with Crippen molar-refractivity contribution < 1.29 is 19.1 Å². The molecular weight excluding hydrogens is 432 g/mol. The molecule has 34 heavy (non-hydrogen) atoms. The molecule has 0 bridgehead atoms. The van der Waals surface area contributed by atoms with Crippen LogP contribution in [0, 0.1) is 0 Å². The maximum absolute atomic E-state index is 12.3. The average molecular weight is 457 g/mol. The lowest BCUT2D eigenvalue weighted by Gasteiger charge is -2.09. The number of hydrogen-bond donors (Lipinski definition) is 0. The van der Waals surface area contributed by atoms with Gasteiger partial charge in [0, 0.05) is 18.5 Å². The van der Waals surface area contributed by atoms with Crippen LogP contribution in [-0.4, -0.2) is 37.5 Å². The summed E-state index contributed by atoms with van der Waals surface area (Å²) in [5, 5.41) is 0.636. The Labute approximate surface area is 195 Å². The van der Waals surface area contributed by atoms with Crippen molar-refractivity contribution in [1.82, 2.24) is 18.9 Å². The predicted molar refractivity (Wildman–Crippen MR) is 129 cm³/mol.